The van der Waals surface area contributed by atoms with Gasteiger partial charge in [0.2, 0.25) is 5.88 Å². The Balaban J connectivity index is 1.82. The van der Waals surface area contributed by atoms with E-state index in [9.17, 15) is 4.79 Å². The maximum atomic E-state index is 12.0. The highest BCUT2D eigenvalue weighted by atomic mass is 16.5. The maximum Gasteiger partial charge on any atom is 0.315 e. The van der Waals surface area contributed by atoms with Gasteiger partial charge in [-0.3, -0.25) is 0 Å². The molecule has 1 atom stereocenters. The van der Waals surface area contributed by atoms with Crippen molar-refractivity contribution < 1.29 is 9.53 Å². The molecular weight excluding hydrogens is 294 g/mol. The van der Waals surface area contributed by atoms with Gasteiger partial charge < -0.3 is 19.9 Å². The van der Waals surface area contributed by atoms with E-state index in [0.717, 1.165) is 5.56 Å². The Labute approximate surface area is 136 Å². The van der Waals surface area contributed by atoms with Crippen molar-refractivity contribution in [1.82, 2.24) is 25.2 Å². The van der Waals surface area contributed by atoms with Crippen molar-refractivity contribution in [2.24, 2.45) is 0 Å². The quantitative estimate of drug-likeness (QED) is 0.818. The van der Waals surface area contributed by atoms with E-state index in [1.807, 2.05) is 43.7 Å². The molecule has 0 spiro atoms. The normalized spacial score (nSPS) is 12.0. The van der Waals surface area contributed by atoms with Gasteiger partial charge in [0.1, 0.15) is 0 Å². The fraction of sp³-hybridized carbons (Fsp3) is 0.438. The number of nitrogens with zero attached hydrogens (tertiary/aromatic N) is 3. The second-order valence-electron chi connectivity index (χ2n) is 5.62. The summed E-state index contributed by atoms with van der Waals surface area (Å²) in [5, 5.41) is 5.72. The van der Waals surface area contributed by atoms with Crippen molar-refractivity contribution in [2.75, 3.05) is 0 Å². The second-order valence-corrected chi connectivity index (χ2v) is 5.62. The Hall–Kier alpha value is -2.57. The Kier molecular flexibility index (Phi) is 5.96. The minimum absolute atomic E-state index is 0.00974. The Morgan fingerprint density at radius 2 is 2.17 bits per heavy atom. The van der Waals surface area contributed by atoms with Crippen molar-refractivity contribution >= 4 is 6.03 Å². The summed E-state index contributed by atoms with van der Waals surface area (Å²) < 4.78 is 7.55. The summed E-state index contributed by atoms with van der Waals surface area (Å²) in [6, 6.07) is 3.48. The number of hydrogen-bond acceptors (Lipinski definition) is 4. The SMILES string of the molecule is CC(C)Oc1ncccc1CNC(=O)N[C@H](C)Cn1ccnc1. The van der Waals surface area contributed by atoms with Crippen molar-refractivity contribution in [3.8, 4) is 5.88 Å². The number of urea groups is 1. The molecule has 0 saturated heterocycles. The number of hydrogen-bond donors (Lipinski definition) is 2. The lowest BCUT2D eigenvalue weighted by Crippen LogP contribution is -2.42. The molecule has 0 bridgehead atoms. The van der Waals surface area contributed by atoms with E-state index in [4.69, 9.17) is 4.74 Å². The minimum Gasteiger partial charge on any atom is -0.475 e. The molecule has 0 saturated carbocycles. The van der Waals surface area contributed by atoms with Crippen molar-refractivity contribution in [3.63, 3.8) is 0 Å². The highest BCUT2D eigenvalue weighted by Gasteiger charge is 2.10. The van der Waals surface area contributed by atoms with Crippen molar-refractivity contribution in [3.05, 3.63) is 42.6 Å². The lowest BCUT2D eigenvalue weighted by Gasteiger charge is -2.16. The second kappa shape index (κ2) is 8.17. The fourth-order valence-corrected chi connectivity index (χ4v) is 2.09. The monoisotopic (exact) mass is 317 g/mol. The van der Waals surface area contributed by atoms with Gasteiger partial charge in [-0.05, 0) is 26.8 Å². The third-order valence-corrected chi connectivity index (χ3v) is 3.06. The fourth-order valence-electron chi connectivity index (χ4n) is 2.09. The van der Waals surface area contributed by atoms with Gasteiger partial charge in [0, 0.05) is 43.3 Å². The summed E-state index contributed by atoms with van der Waals surface area (Å²) >= 11 is 0. The molecule has 0 aliphatic carbocycles. The molecule has 7 nitrogen and oxygen atoms in total. The summed E-state index contributed by atoms with van der Waals surface area (Å²) in [5.74, 6) is 0.550. The molecule has 2 rings (SSSR count). The molecule has 0 radical (unpaired) electrons. The van der Waals surface area contributed by atoms with E-state index in [1.54, 1.807) is 18.7 Å². The van der Waals surface area contributed by atoms with Crippen LogP contribution in [0.25, 0.3) is 0 Å². The van der Waals surface area contributed by atoms with Crippen molar-refractivity contribution in [2.45, 2.75) is 46.0 Å². The predicted octanol–water partition coefficient (Wildman–Crippen LogP) is 1.95. The number of imidazole rings is 1. The molecule has 0 aliphatic heterocycles. The first-order valence-electron chi connectivity index (χ1n) is 7.65. The number of carbonyl (C=O) groups is 1. The van der Waals surface area contributed by atoms with Gasteiger partial charge in [0.15, 0.2) is 0 Å². The van der Waals surface area contributed by atoms with Crippen LogP contribution < -0.4 is 15.4 Å². The maximum absolute atomic E-state index is 12.0. The minimum atomic E-state index is -0.225. The molecule has 2 heterocycles. The first-order valence-corrected chi connectivity index (χ1v) is 7.65. The lowest BCUT2D eigenvalue weighted by molar-refractivity contribution is 0.227. The summed E-state index contributed by atoms with van der Waals surface area (Å²) in [6.45, 7) is 6.85. The number of nitrogens with one attached hydrogen (secondary N) is 2. The summed E-state index contributed by atoms with van der Waals surface area (Å²) in [6.07, 6.45) is 7.01. The number of amides is 2. The average molecular weight is 317 g/mol. The summed E-state index contributed by atoms with van der Waals surface area (Å²) in [7, 11) is 0. The van der Waals surface area contributed by atoms with Crippen LogP contribution in [0.5, 0.6) is 5.88 Å². The molecule has 2 N–H and O–H groups in total. The van der Waals surface area contributed by atoms with E-state index < -0.39 is 0 Å². The Morgan fingerprint density at radius 3 is 2.87 bits per heavy atom. The molecule has 0 aromatic carbocycles. The highest BCUT2D eigenvalue weighted by Crippen LogP contribution is 2.15. The standard InChI is InChI=1S/C16H23N5O2/c1-12(2)23-15-14(5-4-6-18-15)9-19-16(22)20-13(3)10-21-8-7-17-11-21/h4-8,11-13H,9-10H2,1-3H3,(H2,19,20,22)/t13-/m1/s1. The number of aromatic nitrogens is 3. The van der Waals surface area contributed by atoms with Gasteiger partial charge in [0.25, 0.3) is 0 Å². The smallest absolute Gasteiger partial charge is 0.315 e. The molecule has 0 aliphatic rings. The largest absolute Gasteiger partial charge is 0.475 e. The zero-order valence-electron chi connectivity index (χ0n) is 13.7. The van der Waals surface area contributed by atoms with Crippen LogP contribution >= 0.6 is 0 Å². The summed E-state index contributed by atoms with van der Waals surface area (Å²) in [4.78, 5) is 20.2. The zero-order valence-corrected chi connectivity index (χ0v) is 13.7. The van der Waals surface area contributed by atoms with Crippen LogP contribution in [0.1, 0.15) is 26.3 Å². The van der Waals surface area contributed by atoms with Crippen LogP contribution in [0, 0.1) is 0 Å². The van der Waals surface area contributed by atoms with Gasteiger partial charge >= 0.3 is 6.03 Å². The van der Waals surface area contributed by atoms with Crippen LogP contribution in [0.3, 0.4) is 0 Å². The average Bonchev–Trinajstić information content (AvgIpc) is 2.98. The number of ether oxygens (including phenoxy) is 1. The number of rotatable bonds is 7. The van der Waals surface area contributed by atoms with Crippen LogP contribution in [0.4, 0.5) is 4.79 Å². The lowest BCUT2D eigenvalue weighted by atomic mass is 10.2. The van der Waals surface area contributed by atoms with Crippen LogP contribution in [0.15, 0.2) is 37.1 Å². The zero-order chi connectivity index (χ0) is 16.7. The Morgan fingerprint density at radius 1 is 1.35 bits per heavy atom. The number of carbonyl (C=O) groups excluding carboxylic acids is 1. The molecule has 7 heteroatoms. The van der Waals surface area contributed by atoms with E-state index in [0.29, 0.717) is 19.0 Å². The van der Waals surface area contributed by atoms with Crippen LogP contribution in [0.2, 0.25) is 0 Å². The van der Waals surface area contributed by atoms with Gasteiger partial charge in [0.05, 0.1) is 12.4 Å². The van der Waals surface area contributed by atoms with Gasteiger partial charge in [-0.25, -0.2) is 14.8 Å². The van der Waals surface area contributed by atoms with E-state index in [1.165, 1.54) is 0 Å². The van der Waals surface area contributed by atoms with E-state index in [2.05, 4.69) is 20.6 Å². The molecule has 23 heavy (non-hydrogen) atoms. The third kappa shape index (κ3) is 5.61. The molecule has 124 valence electrons. The summed E-state index contributed by atoms with van der Waals surface area (Å²) in [5.41, 5.74) is 0.846. The Bertz CT molecular complexity index is 613. The molecule has 2 aromatic rings. The van der Waals surface area contributed by atoms with Crippen LogP contribution in [-0.4, -0.2) is 32.7 Å². The molecule has 2 amide bonds. The predicted molar refractivity (Wildman–Crippen MR) is 87.1 cm³/mol. The first-order chi connectivity index (χ1) is 11.0. The van der Waals surface area contributed by atoms with Crippen molar-refractivity contribution in [1.29, 1.82) is 0 Å². The van der Waals surface area contributed by atoms with E-state index in [-0.39, 0.29) is 18.2 Å². The van der Waals surface area contributed by atoms with Gasteiger partial charge in [-0.15, -0.1) is 0 Å². The van der Waals surface area contributed by atoms with Crippen LogP contribution in [-0.2, 0) is 13.1 Å². The third-order valence-electron chi connectivity index (χ3n) is 3.06. The molecular formula is C16H23N5O2. The topological polar surface area (TPSA) is 81.1 Å². The molecule has 0 fully saturated rings. The van der Waals surface area contributed by atoms with E-state index >= 15 is 0 Å². The number of pyridine rings is 1. The molecule has 0 unspecified atom stereocenters. The van der Waals surface area contributed by atoms with Gasteiger partial charge in [-0.2, -0.15) is 0 Å². The molecule has 2 aromatic heterocycles. The highest BCUT2D eigenvalue weighted by molar-refractivity contribution is 5.74. The van der Waals surface area contributed by atoms with Gasteiger partial charge in [-0.1, -0.05) is 6.07 Å². The first kappa shape index (κ1) is 16.8.